The van der Waals surface area contributed by atoms with Crippen LogP contribution in [0.5, 0.6) is 0 Å². The molecule has 102 valence electrons. The van der Waals surface area contributed by atoms with E-state index in [9.17, 15) is 9.59 Å². The molecular formula is C14H18N2O2S. The summed E-state index contributed by atoms with van der Waals surface area (Å²) >= 11 is 4.10. The quantitative estimate of drug-likeness (QED) is 0.710. The van der Waals surface area contributed by atoms with Crippen molar-refractivity contribution in [2.45, 2.75) is 31.8 Å². The third-order valence-corrected chi connectivity index (χ3v) is 3.64. The molecule has 1 unspecified atom stereocenters. The van der Waals surface area contributed by atoms with E-state index < -0.39 is 6.04 Å². The summed E-state index contributed by atoms with van der Waals surface area (Å²) < 4.78 is 0. The van der Waals surface area contributed by atoms with Crippen LogP contribution in [0.1, 0.15) is 18.1 Å². The molecule has 19 heavy (non-hydrogen) atoms. The number of hydrogen-bond donors (Lipinski definition) is 3. The van der Waals surface area contributed by atoms with Gasteiger partial charge in [0.25, 0.3) is 0 Å². The molecule has 2 N–H and O–H groups in total. The molecule has 1 aliphatic rings. The Morgan fingerprint density at radius 2 is 1.89 bits per heavy atom. The lowest BCUT2D eigenvalue weighted by Crippen LogP contribution is -2.50. The van der Waals surface area contributed by atoms with Crippen LogP contribution < -0.4 is 10.6 Å². The van der Waals surface area contributed by atoms with E-state index in [1.165, 1.54) is 18.1 Å². The normalized spacial score (nSPS) is 15.7. The molecule has 1 aliphatic carbocycles. The van der Waals surface area contributed by atoms with Crippen LogP contribution in [0.25, 0.3) is 0 Å². The molecule has 1 aromatic carbocycles. The number of rotatable bonds is 4. The maximum atomic E-state index is 12.0. The molecule has 0 spiro atoms. The molecule has 0 saturated heterocycles. The molecule has 0 aliphatic heterocycles. The van der Waals surface area contributed by atoms with E-state index >= 15 is 0 Å². The zero-order chi connectivity index (χ0) is 13.8. The third-order valence-electron chi connectivity index (χ3n) is 3.27. The summed E-state index contributed by atoms with van der Waals surface area (Å²) in [5, 5.41) is 5.58. The van der Waals surface area contributed by atoms with E-state index in [1.807, 2.05) is 12.1 Å². The first-order valence-corrected chi connectivity index (χ1v) is 6.98. The minimum Gasteiger partial charge on any atom is -0.351 e. The number of hydrogen-bond acceptors (Lipinski definition) is 3. The first-order chi connectivity index (χ1) is 9.10. The van der Waals surface area contributed by atoms with Crippen LogP contribution in [0.4, 0.5) is 0 Å². The Balaban J connectivity index is 1.92. The number of carbonyl (C=O) groups is 2. The van der Waals surface area contributed by atoms with Crippen molar-refractivity contribution in [2.24, 2.45) is 0 Å². The van der Waals surface area contributed by atoms with Gasteiger partial charge in [-0.1, -0.05) is 24.3 Å². The van der Waals surface area contributed by atoms with Crippen molar-refractivity contribution >= 4 is 24.4 Å². The van der Waals surface area contributed by atoms with Crippen molar-refractivity contribution in [3.63, 3.8) is 0 Å². The zero-order valence-electron chi connectivity index (χ0n) is 10.8. The SMILES string of the molecule is CC(=O)NC(CS)C(=O)NC1Cc2ccccc2C1. The average Bonchev–Trinajstić information content (AvgIpc) is 2.77. The topological polar surface area (TPSA) is 58.2 Å². The number of benzene rings is 1. The average molecular weight is 278 g/mol. The van der Waals surface area contributed by atoms with Gasteiger partial charge in [0.1, 0.15) is 6.04 Å². The van der Waals surface area contributed by atoms with Gasteiger partial charge in [-0.3, -0.25) is 9.59 Å². The van der Waals surface area contributed by atoms with Crippen LogP contribution >= 0.6 is 12.6 Å². The Bertz CT molecular complexity index is 465. The molecule has 1 atom stereocenters. The smallest absolute Gasteiger partial charge is 0.243 e. The Morgan fingerprint density at radius 1 is 1.32 bits per heavy atom. The van der Waals surface area contributed by atoms with Gasteiger partial charge in [-0.25, -0.2) is 0 Å². The molecule has 2 amide bonds. The summed E-state index contributed by atoms with van der Waals surface area (Å²) in [4.78, 5) is 23.1. The van der Waals surface area contributed by atoms with E-state index in [2.05, 4.69) is 35.4 Å². The largest absolute Gasteiger partial charge is 0.351 e. The Labute approximate surface area is 118 Å². The number of amides is 2. The van der Waals surface area contributed by atoms with Crippen molar-refractivity contribution < 1.29 is 9.59 Å². The second-order valence-electron chi connectivity index (χ2n) is 4.82. The van der Waals surface area contributed by atoms with E-state index in [-0.39, 0.29) is 17.9 Å². The molecule has 0 bridgehead atoms. The van der Waals surface area contributed by atoms with Gasteiger partial charge in [-0.2, -0.15) is 12.6 Å². The van der Waals surface area contributed by atoms with Gasteiger partial charge in [0.2, 0.25) is 11.8 Å². The maximum absolute atomic E-state index is 12.0. The fourth-order valence-electron chi connectivity index (χ4n) is 2.40. The van der Waals surface area contributed by atoms with Gasteiger partial charge in [-0.05, 0) is 24.0 Å². The van der Waals surface area contributed by atoms with Crippen LogP contribution in [0.3, 0.4) is 0 Å². The van der Waals surface area contributed by atoms with Crippen molar-refractivity contribution in [1.82, 2.24) is 10.6 Å². The zero-order valence-corrected chi connectivity index (χ0v) is 11.7. The molecule has 0 aromatic heterocycles. The molecular weight excluding hydrogens is 260 g/mol. The second-order valence-corrected chi connectivity index (χ2v) is 5.18. The van der Waals surface area contributed by atoms with Gasteiger partial charge < -0.3 is 10.6 Å². The van der Waals surface area contributed by atoms with Crippen molar-refractivity contribution in [3.05, 3.63) is 35.4 Å². The summed E-state index contributed by atoms with van der Waals surface area (Å²) in [6.45, 7) is 1.40. The minimum absolute atomic E-state index is 0.112. The molecule has 0 radical (unpaired) electrons. The molecule has 2 rings (SSSR count). The minimum atomic E-state index is -0.565. The van der Waals surface area contributed by atoms with Crippen LogP contribution in [-0.2, 0) is 22.4 Å². The second kappa shape index (κ2) is 6.10. The number of fused-ring (bicyclic) bond motifs is 1. The fraction of sp³-hybridized carbons (Fsp3) is 0.429. The highest BCUT2D eigenvalue weighted by molar-refractivity contribution is 7.80. The first-order valence-electron chi connectivity index (χ1n) is 6.35. The van der Waals surface area contributed by atoms with E-state index in [4.69, 9.17) is 0 Å². The summed E-state index contributed by atoms with van der Waals surface area (Å²) in [5.41, 5.74) is 2.57. The van der Waals surface area contributed by atoms with Crippen LogP contribution in [-0.4, -0.2) is 29.7 Å². The number of carbonyl (C=O) groups excluding carboxylic acids is 2. The molecule has 0 heterocycles. The predicted octanol–water partition coefficient (Wildman–Crippen LogP) is 0.704. The highest BCUT2D eigenvalue weighted by atomic mass is 32.1. The Hall–Kier alpha value is -1.49. The van der Waals surface area contributed by atoms with Gasteiger partial charge in [0, 0.05) is 18.7 Å². The predicted molar refractivity (Wildman–Crippen MR) is 77.2 cm³/mol. The summed E-state index contributed by atoms with van der Waals surface area (Å²) in [6.07, 6.45) is 1.70. The Kier molecular flexibility index (Phi) is 4.47. The van der Waals surface area contributed by atoms with Crippen LogP contribution in [0, 0.1) is 0 Å². The summed E-state index contributed by atoms with van der Waals surface area (Å²) in [6, 6.07) is 7.75. The van der Waals surface area contributed by atoms with Crippen LogP contribution in [0.15, 0.2) is 24.3 Å². The first kappa shape index (κ1) is 13.9. The maximum Gasteiger partial charge on any atom is 0.243 e. The van der Waals surface area contributed by atoms with Crippen molar-refractivity contribution in [3.8, 4) is 0 Å². The van der Waals surface area contributed by atoms with Gasteiger partial charge >= 0.3 is 0 Å². The lowest BCUT2D eigenvalue weighted by atomic mass is 10.1. The fourth-order valence-corrected chi connectivity index (χ4v) is 2.66. The lowest BCUT2D eigenvalue weighted by molar-refractivity contribution is -0.127. The standard InChI is InChI=1S/C14H18N2O2S/c1-9(17)15-13(8-19)14(18)16-12-6-10-4-2-3-5-11(10)7-12/h2-5,12-13,19H,6-8H2,1H3,(H,15,17)(H,16,18). The van der Waals surface area contributed by atoms with E-state index in [1.54, 1.807) is 0 Å². The highest BCUT2D eigenvalue weighted by Gasteiger charge is 2.25. The third kappa shape index (κ3) is 3.50. The van der Waals surface area contributed by atoms with E-state index in [0.29, 0.717) is 5.75 Å². The van der Waals surface area contributed by atoms with Gasteiger partial charge in [0.15, 0.2) is 0 Å². The van der Waals surface area contributed by atoms with Gasteiger partial charge in [-0.15, -0.1) is 0 Å². The van der Waals surface area contributed by atoms with Crippen LogP contribution in [0.2, 0.25) is 0 Å². The summed E-state index contributed by atoms with van der Waals surface area (Å²) in [5.74, 6) is -0.0858. The summed E-state index contributed by atoms with van der Waals surface area (Å²) in [7, 11) is 0. The number of nitrogens with one attached hydrogen (secondary N) is 2. The molecule has 1 aromatic rings. The molecule has 5 heteroatoms. The molecule has 0 saturated carbocycles. The lowest BCUT2D eigenvalue weighted by Gasteiger charge is -2.18. The Morgan fingerprint density at radius 3 is 2.37 bits per heavy atom. The highest BCUT2D eigenvalue weighted by Crippen LogP contribution is 2.21. The van der Waals surface area contributed by atoms with Crippen molar-refractivity contribution in [1.29, 1.82) is 0 Å². The molecule has 4 nitrogen and oxygen atoms in total. The van der Waals surface area contributed by atoms with Crippen molar-refractivity contribution in [2.75, 3.05) is 5.75 Å². The van der Waals surface area contributed by atoms with Gasteiger partial charge in [0.05, 0.1) is 0 Å². The van der Waals surface area contributed by atoms with E-state index in [0.717, 1.165) is 12.8 Å². The monoisotopic (exact) mass is 278 g/mol. The number of thiol groups is 1. The molecule has 0 fully saturated rings.